The SMILES string of the molecule is CC(=CCCC1OC=CO1)CCCC(C)CCCC(C)C. The Morgan fingerprint density at radius 1 is 1.05 bits per heavy atom. The quantitative estimate of drug-likeness (QED) is 0.423. The van der Waals surface area contributed by atoms with E-state index >= 15 is 0 Å². The van der Waals surface area contributed by atoms with Gasteiger partial charge in [-0.25, -0.2) is 0 Å². The first-order valence-corrected chi connectivity index (χ1v) is 8.69. The van der Waals surface area contributed by atoms with Crippen LogP contribution in [0.15, 0.2) is 24.2 Å². The lowest BCUT2D eigenvalue weighted by Gasteiger charge is -2.12. The third-order valence-electron chi connectivity index (χ3n) is 4.16. The summed E-state index contributed by atoms with van der Waals surface area (Å²) in [6.07, 6.45) is 15.6. The molecule has 0 N–H and O–H groups in total. The van der Waals surface area contributed by atoms with Crippen LogP contribution in [0.25, 0.3) is 0 Å². The molecule has 0 aromatic heterocycles. The molecule has 0 bridgehead atoms. The van der Waals surface area contributed by atoms with Gasteiger partial charge in [-0.1, -0.05) is 58.1 Å². The summed E-state index contributed by atoms with van der Waals surface area (Å²) in [6, 6.07) is 0. The Hall–Kier alpha value is -0.920. The van der Waals surface area contributed by atoms with Crippen molar-refractivity contribution >= 4 is 0 Å². The summed E-state index contributed by atoms with van der Waals surface area (Å²) in [4.78, 5) is 0. The second-order valence-corrected chi connectivity index (χ2v) is 6.92. The van der Waals surface area contributed by atoms with Crippen LogP contribution in [0.3, 0.4) is 0 Å². The second-order valence-electron chi connectivity index (χ2n) is 6.92. The van der Waals surface area contributed by atoms with Crippen LogP contribution >= 0.6 is 0 Å². The molecule has 0 aliphatic carbocycles. The van der Waals surface area contributed by atoms with Gasteiger partial charge in [-0.15, -0.1) is 0 Å². The largest absolute Gasteiger partial charge is 0.459 e. The monoisotopic (exact) mass is 294 g/mol. The molecule has 0 spiro atoms. The van der Waals surface area contributed by atoms with Gasteiger partial charge >= 0.3 is 0 Å². The fourth-order valence-corrected chi connectivity index (χ4v) is 2.72. The van der Waals surface area contributed by atoms with Gasteiger partial charge in [-0.05, 0) is 38.0 Å². The van der Waals surface area contributed by atoms with Gasteiger partial charge in [0.15, 0.2) is 0 Å². The average molecular weight is 294 g/mol. The van der Waals surface area contributed by atoms with Crippen LogP contribution in [0, 0.1) is 11.8 Å². The van der Waals surface area contributed by atoms with Crippen molar-refractivity contribution in [1.29, 1.82) is 0 Å². The molecule has 0 aromatic carbocycles. The molecule has 2 nitrogen and oxygen atoms in total. The summed E-state index contributed by atoms with van der Waals surface area (Å²) >= 11 is 0. The van der Waals surface area contributed by atoms with E-state index in [4.69, 9.17) is 9.47 Å². The lowest BCUT2D eigenvalue weighted by Crippen LogP contribution is -2.05. The third kappa shape index (κ3) is 9.60. The van der Waals surface area contributed by atoms with Crippen molar-refractivity contribution in [2.75, 3.05) is 0 Å². The van der Waals surface area contributed by atoms with Crippen LogP contribution in [0.4, 0.5) is 0 Å². The zero-order chi connectivity index (χ0) is 15.5. The Bertz CT molecular complexity index is 310. The zero-order valence-electron chi connectivity index (χ0n) is 14.4. The van der Waals surface area contributed by atoms with E-state index in [9.17, 15) is 0 Å². The number of rotatable bonds is 11. The molecule has 1 unspecified atom stereocenters. The maximum Gasteiger partial charge on any atom is 0.239 e. The minimum absolute atomic E-state index is 0.0602. The number of hydrogen-bond acceptors (Lipinski definition) is 2. The van der Waals surface area contributed by atoms with Gasteiger partial charge < -0.3 is 9.47 Å². The third-order valence-corrected chi connectivity index (χ3v) is 4.16. The fourth-order valence-electron chi connectivity index (χ4n) is 2.72. The smallest absolute Gasteiger partial charge is 0.239 e. The van der Waals surface area contributed by atoms with E-state index in [2.05, 4.69) is 33.8 Å². The average Bonchev–Trinajstić information content (AvgIpc) is 2.91. The molecule has 0 saturated heterocycles. The Balaban J connectivity index is 1.99. The van der Waals surface area contributed by atoms with E-state index in [1.54, 1.807) is 12.5 Å². The molecule has 0 fully saturated rings. The summed E-state index contributed by atoms with van der Waals surface area (Å²) in [7, 11) is 0. The molecule has 0 amide bonds. The molecule has 1 heterocycles. The minimum Gasteiger partial charge on any atom is -0.459 e. The lowest BCUT2D eigenvalue weighted by atomic mass is 9.94. The van der Waals surface area contributed by atoms with Crippen LogP contribution < -0.4 is 0 Å². The van der Waals surface area contributed by atoms with Crippen molar-refractivity contribution in [3.05, 3.63) is 24.2 Å². The summed E-state index contributed by atoms with van der Waals surface area (Å²) in [5.41, 5.74) is 1.51. The second kappa shape index (κ2) is 10.8. The molecule has 1 rings (SSSR count). The van der Waals surface area contributed by atoms with Crippen molar-refractivity contribution in [3.8, 4) is 0 Å². The predicted octanol–water partition coefficient (Wildman–Crippen LogP) is 6.19. The molecule has 1 aliphatic heterocycles. The lowest BCUT2D eigenvalue weighted by molar-refractivity contribution is -0.0270. The summed E-state index contributed by atoms with van der Waals surface area (Å²) in [5.74, 6) is 1.73. The molecule has 0 saturated carbocycles. The van der Waals surface area contributed by atoms with Gasteiger partial charge in [0.05, 0.1) is 0 Å². The molecule has 0 aromatic rings. The Labute approximate surface area is 131 Å². The Morgan fingerprint density at radius 3 is 2.38 bits per heavy atom. The van der Waals surface area contributed by atoms with Crippen molar-refractivity contribution in [2.24, 2.45) is 11.8 Å². The van der Waals surface area contributed by atoms with Crippen molar-refractivity contribution in [3.63, 3.8) is 0 Å². The number of allylic oxidation sites excluding steroid dienone is 2. The number of ether oxygens (including phenoxy) is 2. The Kier molecular flexibility index (Phi) is 9.29. The van der Waals surface area contributed by atoms with Gasteiger partial charge in [0, 0.05) is 6.42 Å². The minimum atomic E-state index is -0.0602. The molecular weight excluding hydrogens is 260 g/mol. The first kappa shape index (κ1) is 18.1. The summed E-state index contributed by atoms with van der Waals surface area (Å²) in [6.45, 7) is 9.28. The summed E-state index contributed by atoms with van der Waals surface area (Å²) < 4.78 is 10.5. The van der Waals surface area contributed by atoms with E-state index in [1.807, 2.05) is 0 Å². The highest BCUT2D eigenvalue weighted by Crippen LogP contribution is 2.19. The molecular formula is C19H34O2. The van der Waals surface area contributed by atoms with Crippen molar-refractivity contribution in [2.45, 2.75) is 85.4 Å². The van der Waals surface area contributed by atoms with Gasteiger partial charge in [-0.3, -0.25) is 0 Å². The topological polar surface area (TPSA) is 18.5 Å². The molecule has 2 heteroatoms. The van der Waals surface area contributed by atoms with Gasteiger partial charge in [0.2, 0.25) is 6.29 Å². The van der Waals surface area contributed by atoms with Crippen LogP contribution in [0.2, 0.25) is 0 Å². The maximum absolute atomic E-state index is 5.27. The van der Waals surface area contributed by atoms with E-state index < -0.39 is 0 Å². The highest BCUT2D eigenvalue weighted by atomic mass is 16.7. The highest BCUT2D eigenvalue weighted by Gasteiger charge is 2.10. The van der Waals surface area contributed by atoms with Gasteiger partial charge in [0.25, 0.3) is 0 Å². The molecule has 21 heavy (non-hydrogen) atoms. The van der Waals surface area contributed by atoms with E-state index in [1.165, 1.54) is 44.1 Å². The van der Waals surface area contributed by atoms with Crippen LogP contribution in [-0.4, -0.2) is 6.29 Å². The van der Waals surface area contributed by atoms with Gasteiger partial charge in [0.1, 0.15) is 12.5 Å². The van der Waals surface area contributed by atoms with Gasteiger partial charge in [-0.2, -0.15) is 0 Å². The predicted molar refractivity (Wildman–Crippen MR) is 89.8 cm³/mol. The van der Waals surface area contributed by atoms with Crippen molar-refractivity contribution < 1.29 is 9.47 Å². The fraction of sp³-hybridized carbons (Fsp3) is 0.789. The standard InChI is InChI=1S/C19H34O2/c1-16(2)8-5-9-17(3)10-6-11-18(4)12-7-13-19-20-14-15-21-19/h12,14-17,19H,5-11,13H2,1-4H3. The van der Waals surface area contributed by atoms with E-state index in [-0.39, 0.29) is 6.29 Å². The van der Waals surface area contributed by atoms with Crippen LogP contribution in [-0.2, 0) is 9.47 Å². The summed E-state index contributed by atoms with van der Waals surface area (Å²) in [5, 5.41) is 0. The van der Waals surface area contributed by atoms with E-state index in [0.717, 1.165) is 24.7 Å². The first-order valence-electron chi connectivity index (χ1n) is 8.69. The highest BCUT2D eigenvalue weighted by molar-refractivity contribution is 4.97. The van der Waals surface area contributed by atoms with Crippen molar-refractivity contribution in [1.82, 2.24) is 0 Å². The van der Waals surface area contributed by atoms with E-state index in [0.29, 0.717) is 0 Å². The maximum atomic E-state index is 5.27. The van der Waals surface area contributed by atoms with Crippen LogP contribution in [0.1, 0.15) is 79.1 Å². The molecule has 1 aliphatic rings. The zero-order valence-corrected chi connectivity index (χ0v) is 14.4. The van der Waals surface area contributed by atoms with Crippen LogP contribution in [0.5, 0.6) is 0 Å². The first-order chi connectivity index (χ1) is 10.1. The molecule has 0 radical (unpaired) electrons. The number of hydrogen-bond donors (Lipinski definition) is 0. The molecule has 1 atom stereocenters. The normalized spacial score (nSPS) is 17.1. The molecule has 122 valence electrons. The Morgan fingerprint density at radius 2 is 1.71 bits per heavy atom.